The molecule has 12 heteroatoms. The predicted octanol–water partition coefficient (Wildman–Crippen LogP) is 3.86. The largest absolute Gasteiger partial charge is 0.465 e. The van der Waals surface area contributed by atoms with Crippen LogP contribution in [0, 0.1) is 5.82 Å². The summed E-state index contributed by atoms with van der Waals surface area (Å²) in [5.41, 5.74) is 8.87. The van der Waals surface area contributed by atoms with Crippen molar-refractivity contribution in [1.29, 1.82) is 0 Å². The molecule has 4 N–H and O–H groups in total. The van der Waals surface area contributed by atoms with Gasteiger partial charge in [-0.05, 0) is 92.9 Å². The number of likely N-dealkylation sites (tertiary alicyclic amines) is 1. The fraction of sp³-hybridized carbons (Fsp3) is 0.324. The van der Waals surface area contributed by atoms with Crippen LogP contribution in [-0.4, -0.2) is 64.3 Å². The van der Waals surface area contributed by atoms with Crippen molar-refractivity contribution in [3.63, 3.8) is 0 Å². The average Bonchev–Trinajstić information content (AvgIpc) is 3.71. The van der Waals surface area contributed by atoms with Gasteiger partial charge in [0, 0.05) is 37.0 Å². The van der Waals surface area contributed by atoms with Crippen LogP contribution in [0.15, 0.2) is 71.7 Å². The first kappa shape index (κ1) is 32.3. The maximum atomic E-state index is 13.7. The number of amides is 2. The van der Waals surface area contributed by atoms with Gasteiger partial charge in [-0.15, -0.1) is 0 Å². The maximum Gasteiger partial charge on any atom is 0.319 e. The van der Waals surface area contributed by atoms with Crippen LogP contribution in [0.4, 0.5) is 10.1 Å². The van der Waals surface area contributed by atoms with Gasteiger partial charge < -0.3 is 25.3 Å². The minimum Gasteiger partial charge on any atom is -0.465 e. The van der Waals surface area contributed by atoms with E-state index in [2.05, 4.69) is 15.6 Å². The van der Waals surface area contributed by atoms with E-state index >= 15 is 0 Å². The number of nitrogens with two attached hydrogens (primary N) is 1. The predicted molar refractivity (Wildman–Crippen MR) is 174 cm³/mol. The first-order chi connectivity index (χ1) is 22.1. The van der Waals surface area contributed by atoms with Crippen molar-refractivity contribution in [3.8, 4) is 0 Å². The van der Waals surface area contributed by atoms with E-state index in [4.69, 9.17) is 15.5 Å². The molecular formula is C34H38FN7O4. The number of amidine groups is 1. The van der Waals surface area contributed by atoms with Gasteiger partial charge in [-0.2, -0.15) is 4.99 Å². The van der Waals surface area contributed by atoms with E-state index in [1.807, 2.05) is 46.8 Å². The van der Waals surface area contributed by atoms with Crippen LogP contribution in [0.25, 0.3) is 11.0 Å². The molecule has 0 saturated carbocycles. The molecule has 2 heterocycles. The first-order valence-corrected chi connectivity index (χ1v) is 15.2. The third-order valence-electron chi connectivity index (χ3n) is 8.21. The number of aromatic nitrogens is 2. The Labute approximate surface area is 266 Å². The van der Waals surface area contributed by atoms with Crippen molar-refractivity contribution in [3.05, 3.63) is 95.1 Å². The third kappa shape index (κ3) is 7.07. The monoisotopic (exact) mass is 627 g/mol. The summed E-state index contributed by atoms with van der Waals surface area (Å²) >= 11 is 0. The molecule has 1 aliphatic rings. The zero-order valence-corrected chi connectivity index (χ0v) is 26.2. The molecule has 46 heavy (non-hydrogen) atoms. The molecule has 4 aromatic rings. The topological polar surface area (TPSA) is 144 Å². The van der Waals surface area contributed by atoms with Crippen molar-refractivity contribution >= 4 is 40.3 Å². The molecule has 1 aliphatic heterocycles. The second-order valence-electron chi connectivity index (χ2n) is 11.3. The van der Waals surface area contributed by atoms with Crippen molar-refractivity contribution < 1.29 is 23.5 Å². The van der Waals surface area contributed by atoms with Crippen LogP contribution >= 0.6 is 0 Å². The number of anilines is 1. The van der Waals surface area contributed by atoms with Crippen LogP contribution in [0.3, 0.4) is 0 Å². The number of imidazole rings is 1. The highest BCUT2D eigenvalue weighted by molar-refractivity contribution is 6.08. The first-order valence-electron chi connectivity index (χ1n) is 15.2. The number of hydrogen-bond donors (Lipinski definition) is 3. The molecule has 1 aromatic heterocycles. The molecule has 1 fully saturated rings. The van der Waals surface area contributed by atoms with E-state index in [-0.39, 0.29) is 30.5 Å². The summed E-state index contributed by atoms with van der Waals surface area (Å²) in [4.78, 5) is 48.9. The molecule has 5 rings (SSSR count). The summed E-state index contributed by atoms with van der Waals surface area (Å²) < 4.78 is 20.2. The molecule has 0 spiro atoms. The molecule has 0 radical (unpaired) electrons. The van der Waals surface area contributed by atoms with Gasteiger partial charge in [0.1, 0.15) is 23.0 Å². The smallest absolute Gasteiger partial charge is 0.319 e. The fourth-order valence-corrected chi connectivity index (χ4v) is 5.49. The number of rotatable bonds is 11. The van der Waals surface area contributed by atoms with Crippen molar-refractivity contribution in [2.24, 2.45) is 17.8 Å². The minimum absolute atomic E-state index is 0.0546. The number of nitrogens with zero attached hydrogens (tertiary/aromatic N) is 4. The molecule has 0 bridgehead atoms. The standard InChI is InChI=1S/C34H38FN7O4/c1-4-46-30(43)21-38-34(2,33(45)42-17-5-6-18-42)24-11-16-28-27(19-24)39-29(41(28)3)20-37-26-14-9-22(10-15-26)31(36)40-32(44)23-7-12-25(35)13-8-23/h7-16,19,37-38H,4-6,17-18,20-21H2,1-3H3,(H2,36,40,44)/t34-/m1/s1. The van der Waals surface area contributed by atoms with E-state index < -0.39 is 23.2 Å². The summed E-state index contributed by atoms with van der Waals surface area (Å²) in [7, 11) is 1.93. The number of fused-ring (bicyclic) bond motifs is 1. The Morgan fingerprint density at radius 3 is 2.37 bits per heavy atom. The number of aliphatic imine (C=N–C) groups is 1. The molecule has 1 atom stereocenters. The van der Waals surface area contributed by atoms with E-state index in [9.17, 15) is 18.8 Å². The number of hydrogen-bond acceptors (Lipinski definition) is 7. The SMILES string of the molecule is CCOC(=O)CN[C@@](C)(C(=O)N1CCCC1)c1ccc2c(c1)nc(CNc1ccc(C(N)=NC(=O)c3ccc(F)cc3)cc1)n2C. The lowest BCUT2D eigenvalue weighted by Gasteiger charge is -2.33. The molecule has 11 nitrogen and oxygen atoms in total. The number of halogens is 1. The number of carbonyl (C=O) groups excluding carboxylic acids is 3. The van der Waals surface area contributed by atoms with Crippen LogP contribution in [0.5, 0.6) is 0 Å². The summed E-state index contributed by atoms with van der Waals surface area (Å²) in [5, 5.41) is 6.53. The van der Waals surface area contributed by atoms with E-state index in [0.717, 1.165) is 35.4 Å². The Balaban J connectivity index is 1.30. The highest BCUT2D eigenvalue weighted by Crippen LogP contribution is 2.29. The number of ether oxygens (including phenoxy) is 1. The van der Waals surface area contributed by atoms with Crippen LogP contribution in [0.2, 0.25) is 0 Å². The lowest BCUT2D eigenvalue weighted by molar-refractivity contribution is -0.143. The fourth-order valence-electron chi connectivity index (χ4n) is 5.49. The summed E-state index contributed by atoms with van der Waals surface area (Å²) in [6.07, 6.45) is 1.91. The van der Waals surface area contributed by atoms with Crippen LogP contribution in [-0.2, 0) is 33.5 Å². The van der Waals surface area contributed by atoms with E-state index in [1.165, 1.54) is 24.3 Å². The van der Waals surface area contributed by atoms with Gasteiger partial charge in [0.2, 0.25) is 5.91 Å². The van der Waals surface area contributed by atoms with Gasteiger partial charge >= 0.3 is 5.97 Å². The normalized spacial score (nSPS) is 14.7. The number of nitrogens with one attached hydrogen (secondary N) is 2. The second-order valence-corrected chi connectivity index (χ2v) is 11.3. The summed E-state index contributed by atoms with van der Waals surface area (Å²) in [5.74, 6) is -0.668. The molecule has 3 aromatic carbocycles. The number of carbonyl (C=O) groups is 3. The number of esters is 1. The van der Waals surface area contributed by atoms with Gasteiger partial charge in [0.15, 0.2) is 0 Å². The quantitative estimate of drug-likeness (QED) is 0.129. The molecule has 240 valence electrons. The molecule has 0 unspecified atom stereocenters. The van der Waals surface area contributed by atoms with Crippen molar-refractivity contribution in [2.45, 2.75) is 38.8 Å². The summed E-state index contributed by atoms with van der Waals surface area (Å²) in [6.45, 7) is 5.51. The molecule has 1 saturated heterocycles. The van der Waals surface area contributed by atoms with Crippen LogP contribution in [0.1, 0.15) is 54.0 Å². The number of aryl methyl sites for hydroxylation is 1. The molecular weight excluding hydrogens is 589 g/mol. The Morgan fingerprint density at radius 2 is 1.70 bits per heavy atom. The van der Waals surface area contributed by atoms with Gasteiger partial charge in [0.25, 0.3) is 5.91 Å². The molecule has 0 aliphatic carbocycles. The average molecular weight is 628 g/mol. The summed E-state index contributed by atoms with van der Waals surface area (Å²) in [6, 6.07) is 18.0. The minimum atomic E-state index is -1.14. The van der Waals surface area contributed by atoms with E-state index in [0.29, 0.717) is 30.8 Å². The highest BCUT2D eigenvalue weighted by Gasteiger charge is 2.40. The Bertz CT molecular complexity index is 1760. The van der Waals surface area contributed by atoms with Gasteiger partial charge in [0.05, 0.1) is 30.7 Å². The van der Waals surface area contributed by atoms with Gasteiger partial charge in [-0.3, -0.25) is 19.7 Å². The third-order valence-corrected chi connectivity index (χ3v) is 8.21. The van der Waals surface area contributed by atoms with Crippen molar-refractivity contribution in [1.82, 2.24) is 19.8 Å². The van der Waals surface area contributed by atoms with E-state index in [1.54, 1.807) is 26.0 Å². The molecule has 2 amide bonds. The lowest BCUT2D eigenvalue weighted by Crippen LogP contribution is -2.54. The second kappa shape index (κ2) is 13.9. The van der Waals surface area contributed by atoms with Crippen molar-refractivity contribution in [2.75, 3.05) is 31.6 Å². The number of benzene rings is 3. The zero-order chi connectivity index (χ0) is 32.8. The Hall–Kier alpha value is -5.10. The lowest BCUT2D eigenvalue weighted by atomic mass is 9.89. The van der Waals surface area contributed by atoms with Gasteiger partial charge in [-0.1, -0.05) is 6.07 Å². The zero-order valence-electron chi connectivity index (χ0n) is 26.2. The van der Waals surface area contributed by atoms with Crippen LogP contribution < -0.4 is 16.4 Å². The Morgan fingerprint density at radius 1 is 1.02 bits per heavy atom. The Kier molecular flexibility index (Phi) is 9.76. The maximum absolute atomic E-state index is 13.7. The highest BCUT2D eigenvalue weighted by atomic mass is 19.1. The van der Waals surface area contributed by atoms with Gasteiger partial charge in [-0.25, -0.2) is 9.37 Å².